The minimum Gasteiger partial charge on any atom is -0.492 e. The number of fused-ring (bicyclic) bond motifs is 1. The number of carboxylic acid groups (broad SMARTS) is 1. The first-order valence-corrected chi connectivity index (χ1v) is 12.1. The lowest BCUT2D eigenvalue weighted by Crippen LogP contribution is -2.25. The van der Waals surface area contributed by atoms with E-state index in [9.17, 15) is 9.90 Å². The molecule has 1 atom stereocenters. The number of aliphatic carboxylic acids is 1. The molecule has 4 N–H and O–H groups in total. The van der Waals surface area contributed by atoms with Crippen molar-refractivity contribution in [2.75, 3.05) is 31.2 Å². The maximum atomic E-state index is 11.9. The number of aryl methyl sites for hydroxylation is 2. The molecule has 4 rings (SSSR count). The van der Waals surface area contributed by atoms with E-state index in [4.69, 9.17) is 10.5 Å². The highest BCUT2D eigenvalue weighted by Crippen LogP contribution is 2.36. The van der Waals surface area contributed by atoms with Crippen molar-refractivity contribution in [1.82, 2.24) is 4.90 Å². The molecule has 0 amide bonds. The molecule has 1 heterocycles. The summed E-state index contributed by atoms with van der Waals surface area (Å²) in [6, 6.07) is 16.6. The minimum absolute atomic E-state index is 0.00591. The van der Waals surface area contributed by atoms with E-state index in [1.54, 1.807) is 0 Å². The Balaban J connectivity index is 1.65. The smallest absolute Gasteiger partial charge is 0.304 e. The van der Waals surface area contributed by atoms with Gasteiger partial charge in [-0.1, -0.05) is 36.4 Å². The number of benzene rings is 3. The van der Waals surface area contributed by atoms with E-state index >= 15 is 0 Å². The highest BCUT2D eigenvalue weighted by atomic mass is 16.5. The maximum absolute atomic E-state index is 11.9. The molecule has 6 heteroatoms. The number of hydrogen-bond acceptors (Lipinski definition) is 5. The number of hydrogen-bond donors (Lipinski definition) is 3. The van der Waals surface area contributed by atoms with Gasteiger partial charge in [-0.15, -0.1) is 0 Å². The van der Waals surface area contributed by atoms with Crippen molar-refractivity contribution in [3.63, 3.8) is 0 Å². The molecule has 0 radical (unpaired) electrons. The Bertz CT molecular complexity index is 1240. The van der Waals surface area contributed by atoms with E-state index in [0.717, 1.165) is 47.8 Å². The van der Waals surface area contributed by atoms with Gasteiger partial charge in [-0.25, -0.2) is 0 Å². The van der Waals surface area contributed by atoms with E-state index in [0.29, 0.717) is 12.3 Å². The van der Waals surface area contributed by atoms with Crippen LogP contribution in [0.2, 0.25) is 0 Å². The number of carbonyl (C=O) groups is 1. The lowest BCUT2D eigenvalue weighted by Gasteiger charge is -2.24. The van der Waals surface area contributed by atoms with Crippen LogP contribution in [-0.2, 0) is 17.9 Å². The van der Waals surface area contributed by atoms with Crippen molar-refractivity contribution in [2.45, 2.75) is 46.2 Å². The second-order valence-corrected chi connectivity index (χ2v) is 9.50. The molecule has 3 aromatic rings. The van der Waals surface area contributed by atoms with Crippen LogP contribution >= 0.6 is 0 Å². The van der Waals surface area contributed by atoms with Crippen molar-refractivity contribution in [1.29, 1.82) is 0 Å². The summed E-state index contributed by atoms with van der Waals surface area (Å²) in [5, 5.41) is 12.8. The first-order valence-electron chi connectivity index (χ1n) is 12.1. The van der Waals surface area contributed by atoms with E-state index < -0.39 is 5.97 Å². The molecule has 0 saturated carbocycles. The Morgan fingerprint density at radius 3 is 2.69 bits per heavy atom. The van der Waals surface area contributed by atoms with Crippen LogP contribution in [0.15, 0.2) is 48.5 Å². The summed E-state index contributed by atoms with van der Waals surface area (Å²) < 4.78 is 6.01. The molecular formula is C29H35N3O3. The summed E-state index contributed by atoms with van der Waals surface area (Å²) in [6.45, 7) is 9.23. The SMILES string of the molecule is CNc1ccc(C(CC(=O)O)c2ccc(C)c(CN3CCOc4cc(C)ccc4C3)c2)c(C)c1N. The van der Waals surface area contributed by atoms with Crippen LogP contribution in [0.3, 0.4) is 0 Å². The van der Waals surface area contributed by atoms with Crippen molar-refractivity contribution in [2.24, 2.45) is 0 Å². The fourth-order valence-electron chi connectivity index (χ4n) is 4.91. The Morgan fingerprint density at radius 2 is 1.94 bits per heavy atom. The molecule has 0 spiro atoms. The molecule has 0 fully saturated rings. The van der Waals surface area contributed by atoms with Crippen molar-refractivity contribution in [3.05, 3.63) is 87.5 Å². The predicted octanol–water partition coefficient (Wildman–Crippen LogP) is 5.24. The van der Waals surface area contributed by atoms with Gasteiger partial charge in [0.15, 0.2) is 0 Å². The van der Waals surface area contributed by atoms with Gasteiger partial charge in [0.2, 0.25) is 0 Å². The molecule has 0 aliphatic carbocycles. The monoisotopic (exact) mass is 473 g/mol. The zero-order valence-corrected chi connectivity index (χ0v) is 21.0. The normalized spacial score (nSPS) is 14.5. The van der Waals surface area contributed by atoms with Crippen molar-refractivity contribution < 1.29 is 14.6 Å². The molecule has 0 aromatic heterocycles. The van der Waals surface area contributed by atoms with E-state index in [1.807, 2.05) is 26.1 Å². The van der Waals surface area contributed by atoms with Gasteiger partial charge in [0.1, 0.15) is 12.4 Å². The minimum atomic E-state index is -0.829. The number of nitrogen functional groups attached to an aromatic ring is 1. The highest BCUT2D eigenvalue weighted by Gasteiger charge is 2.23. The molecule has 35 heavy (non-hydrogen) atoms. The maximum Gasteiger partial charge on any atom is 0.304 e. The summed E-state index contributed by atoms with van der Waals surface area (Å²) in [4.78, 5) is 14.3. The number of nitrogens with two attached hydrogens (primary N) is 1. The van der Waals surface area contributed by atoms with Gasteiger partial charge in [-0.2, -0.15) is 0 Å². The van der Waals surface area contributed by atoms with Gasteiger partial charge >= 0.3 is 5.97 Å². The van der Waals surface area contributed by atoms with Gasteiger partial charge in [0, 0.05) is 38.2 Å². The lowest BCUT2D eigenvalue weighted by molar-refractivity contribution is -0.137. The van der Waals surface area contributed by atoms with Crippen LogP contribution in [0, 0.1) is 20.8 Å². The quantitative estimate of drug-likeness (QED) is 0.407. The molecule has 3 aromatic carbocycles. The summed E-state index contributed by atoms with van der Waals surface area (Å²) in [5.74, 6) is -0.141. The van der Waals surface area contributed by atoms with Gasteiger partial charge < -0.3 is 20.9 Å². The summed E-state index contributed by atoms with van der Waals surface area (Å²) in [6.07, 6.45) is 0.00591. The summed E-state index contributed by atoms with van der Waals surface area (Å²) in [7, 11) is 1.83. The number of anilines is 2. The molecule has 0 bridgehead atoms. The third kappa shape index (κ3) is 5.43. The van der Waals surface area contributed by atoms with Gasteiger partial charge in [-0.3, -0.25) is 9.69 Å². The summed E-state index contributed by atoms with van der Waals surface area (Å²) >= 11 is 0. The second kappa shape index (κ2) is 10.4. The Hall–Kier alpha value is -3.51. The number of nitrogens with zero attached hydrogens (tertiary/aromatic N) is 1. The van der Waals surface area contributed by atoms with E-state index in [1.165, 1.54) is 22.3 Å². The fourth-order valence-corrected chi connectivity index (χ4v) is 4.91. The van der Waals surface area contributed by atoms with Gasteiger partial charge in [0.05, 0.1) is 17.8 Å². The molecule has 1 unspecified atom stereocenters. The van der Waals surface area contributed by atoms with Crippen LogP contribution in [-0.4, -0.2) is 36.2 Å². The van der Waals surface area contributed by atoms with Crippen LogP contribution in [0.4, 0.5) is 11.4 Å². The summed E-state index contributed by atoms with van der Waals surface area (Å²) in [5.41, 5.74) is 15.5. The molecule has 1 aliphatic heterocycles. The van der Waals surface area contributed by atoms with Crippen molar-refractivity contribution in [3.8, 4) is 5.75 Å². The third-order valence-corrected chi connectivity index (χ3v) is 7.03. The Morgan fingerprint density at radius 1 is 1.14 bits per heavy atom. The number of carboxylic acids is 1. The molecule has 6 nitrogen and oxygen atoms in total. The molecule has 184 valence electrons. The molecule has 1 aliphatic rings. The van der Waals surface area contributed by atoms with Crippen LogP contribution in [0.1, 0.15) is 51.3 Å². The number of ether oxygens (including phenoxy) is 1. The van der Waals surface area contributed by atoms with Crippen molar-refractivity contribution >= 4 is 17.3 Å². The molecule has 0 saturated heterocycles. The highest BCUT2D eigenvalue weighted by molar-refractivity contribution is 5.74. The third-order valence-electron chi connectivity index (χ3n) is 7.03. The largest absolute Gasteiger partial charge is 0.492 e. The van der Waals surface area contributed by atoms with Crippen LogP contribution < -0.4 is 15.8 Å². The first-order chi connectivity index (χ1) is 16.8. The Kier molecular flexibility index (Phi) is 7.31. The zero-order valence-electron chi connectivity index (χ0n) is 21.0. The molecular weight excluding hydrogens is 438 g/mol. The average molecular weight is 474 g/mol. The second-order valence-electron chi connectivity index (χ2n) is 9.50. The van der Waals surface area contributed by atoms with E-state index in [-0.39, 0.29) is 12.3 Å². The van der Waals surface area contributed by atoms with Gasteiger partial charge in [0.25, 0.3) is 0 Å². The fraction of sp³-hybridized carbons (Fsp3) is 0.345. The average Bonchev–Trinajstić information content (AvgIpc) is 3.02. The van der Waals surface area contributed by atoms with Gasteiger partial charge in [-0.05, 0) is 66.3 Å². The predicted molar refractivity (Wildman–Crippen MR) is 141 cm³/mol. The lowest BCUT2D eigenvalue weighted by atomic mass is 9.84. The first kappa shape index (κ1) is 24.6. The topological polar surface area (TPSA) is 87.8 Å². The van der Waals surface area contributed by atoms with Crippen LogP contribution in [0.25, 0.3) is 0 Å². The number of nitrogens with one attached hydrogen (secondary N) is 1. The van der Waals surface area contributed by atoms with E-state index in [2.05, 4.69) is 60.5 Å². The standard InChI is InChI=1S/C29H35N3O3/c1-18-5-7-22-16-32(11-12-35-27(22)13-18)17-23-14-21(8-6-19(23)2)25(15-28(33)34)24-9-10-26(31-4)29(30)20(24)3/h5-10,13-14,25,31H,11-12,15-17,30H2,1-4H3,(H,33,34). The number of rotatable bonds is 7. The zero-order chi connectivity index (χ0) is 25.1. The Labute approximate surface area is 207 Å². The van der Waals surface area contributed by atoms with Crippen LogP contribution in [0.5, 0.6) is 5.75 Å².